The van der Waals surface area contributed by atoms with Gasteiger partial charge in [-0.2, -0.15) is 0 Å². The van der Waals surface area contributed by atoms with Gasteiger partial charge in [-0.1, -0.05) is 83.3 Å². The molecule has 46 heavy (non-hydrogen) atoms. The first-order valence-electron chi connectivity index (χ1n) is 19.4. The minimum Gasteiger partial charge on any atom is -0.410 e. The van der Waals surface area contributed by atoms with Gasteiger partial charge in [0.2, 0.25) is 0 Å². The smallest absolute Gasteiger partial charge is 0.192 e. The van der Waals surface area contributed by atoms with E-state index in [-0.39, 0.29) is 16.6 Å². The van der Waals surface area contributed by atoms with Gasteiger partial charge in [0.05, 0.1) is 6.10 Å². The Morgan fingerprint density at radius 2 is 1.65 bits per heavy atom. The molecule has 0 spiro atoms. The molecule has 7 aliphatic carbocycles. The maximum Gasteiger partial charge on any atom is 0.192 e. The lowest BCUT2D eigenvalue weighted by atomic mass is 9.45. The zero-order valence-electron chi connectivity index (χ0n) is 31.2. The van der Waals surface area contributed by atoms with Crippen molar-refractivity contribution in [2.24, 2.45) is 52.3 Å². The lowest BCUT2D eigenvalue weighted by molar-refractivity contribution is -0.144. The van der Waals surface area contributed by atoms with Crippen molar-refractivity contribution in [1.82, 2.24) is 0 Å². The summed E-state index contributed by atoms with van der Waals surface area (Å²) in [5.74, 6) is 12.1. The average Bonchev–Trinajstić information content (AvgIpc) is 3.30. The van der Waals surface area contributed by atoms with Crippen LogP contribution in [-0.4, -0.2) is 25.1 Å². The first kappa shape index (κ1) is 34.8. The Morgan fingerprint density at radius 3 is 2.26 bits per heavy atom. The van der Waals surface area contributed by atoms with Gasteiger partial charge < -0.3 is 9.53 Å². The summed E-state index contributed by atoms with van der Waals surface area (Å²) in [6.07, 6.45) is 22.7. The molecule has 4 bridgehead atoms. The molecule has 7 aliphatic rings. The fraction of sp³-hybridized carbons (Fsp3) is 0.814. The molecular formula is C43H68O2Si. The molecule has 0 aromatic heterocycles. The van der Waals surface area contributed by atoms with Gasteiger partial charge in [0.1, 0.15) is 5.60 Å². The van der Waals surface area contributed by atoms with E-state index < -0.39 is 13.9 Å². The molecule has 0 aliphatic heterocycles. The van der Waals surface area contributed by atoms with Crippen LogP contribution in [0.25, 0.3) is 0 Å². The van der Waals surface area contributed by atoms with Crippen LogP contribution in [0.5, 0.6) is 0 Å². The number of hydrogen-bond acceptors (Lipinski definition) is 2. The van der Waals surface area contributed by atoms with Crippen LogP contribution in [0.2, 0.25) is 18.1 Å². The molecule has 2 nitrogen and oxygen atoms in total. The van der Waals surface area contributed by atoms with Gasteiger partial charge in [-0.25, -0.2) is 0 Å². The number of fused-ring (bicyclic) bond motifs is 1. The first-order valence-corrected chi connectivity index (χ1v) is 22.3. The van der Waals surface area contributed by atoms with E-state index in [9.17, 15) is 5.11 Å². The summed E-state index contributed by atoms with van der Waals surface area (Å²) >= 11 is 0. The lowest BCUT2D eigenvalue weighted by Crippen LogP contribution is -2.56. The molecular weight excluding hydrogens is 577 g/mol. The lowest BCUT2D eigenvalue weighted by Gasteiger charge is -2.60. The monoisotopic (exact) mass is 644 g/mol. The van der Waals surface area contributed by atoms with Crippen LogP contribution in [0, 0.1) is 64.1 Å². The van der Waals surface area contributed by atoms with Crippen LogP contribution in [0.4, 0.5) is 0 Å². The topological polar surface area (TPSA) is 29.5 Å². The minimum absolute atomic E-state index is 0.0558. The van der Waals surface area contributed by atoms with Crippen molar-refractivity contribution in [3.63, 3.8) is 0 Å². The van der Waals surface area contributed by atoms with Gasteiger partial charge in [0, 0.05) is 11.8 Å². The number of rotatable bonds is 6. The van der Waals surface area contributed by atoms with Crippen LogP contribution in [-0.2, 0) is 4.43 Å². The second-order valence-corrected chi connectivity index (χ2v) is 24.4. The van der Waals surface area contributed by atoms with Crippen molar-refractivity contribution >= 4 is 8.32 Å². The van der Waals surface area contributed by atoms with Crippen LogP contribution in [0.15, 0.2) is 35.5 Å². The fourth-order valence-electron chi connectivity index (χ4n) is 11.9. The molecule has 0 radical (unpaired) electrons. The normalized spacial score (nSPS) is 42.9. The highest BCUT2D eigenvalue weighted by atomic mass is 28.4. The molecule has 256 valence electrons. The predicted octanol–water partition coefficient (Wildman–Crippen LogP) is 11.4. The highest BCUT2D eigenvalue weighted by Crippen LogP contribution is 2.64. The zero-order chi connectivity index (χ0) is 33.3. The van der Waals surface area contributed by atoms with Gasteiger partial charge in [-0.3, -0.25) is 0 Å². The SMILES string of the molecule is C=C1[C@H](C)C/C(=C/C=C2\CCC[C@@]3(C)C2CC[C@@H]3[C@H](C)CC#CC(C)(O)C23CC4CC(CC(C4)C2)C3)C[C@H]1O[Si](C)(C)C(C)(C)C. The minimum atomic E-state index is -1.86. The van der Waals surface area contributed by atoms with Crippen LogP contribution in [0.3, 0.4) is 0 Å². The molecule has 2 unspecified atom stereocenters. The predicted molar refractivity (Wildman–Crippen MR) is 197 cm³/mol. The Morgan fingerprint density at radius 1 is 1.02 bits per heavy atom. The third-order valence-electron chi connectivity index (χ3n) is 15.4. The van der Waals surface area contributed by atoms with E-state index in [0.717, 1.165) is 37.0 Å². The van der Waals surface area contributed by atoms with E-state index in [1.807, 2.05) is 0 Å². The summed E-state index contributed by atoms with van der Waals surface area (Å²) in [5, 5.41) is 12.0. The zero-order valence-corrected chi connectivity index (χ0v) is 32.2. The van der Waals surface area contributed by atoms with Crippen LogP contribution < -0.4 is 0 Å². The van der Waals surface area contributed by atoms with Gasteiger partial charge in [-0.15, -0.1) is 0 Å². The molecule has 7 fully saturated rings. The van der Waals surface area contributed by atoms with Gasteiger partial charge in [-0.05, 0) is 161 Å². The molecule has 7 saturated carbocycles. The van der Waals surface area contributed by atoms with E-state index in [4.69, 9.17) is 4.43 Å². The molecule has 0 saturated heterocycles. The standard InChI is InChI=1S/C43H68O2Si/c1-29(13-11-20-42(8,44)43-26-33-22-34(27-43)24-35(23-33)28-43)37-17-18-38-36(14-12-19-41(37,38)7)16-15-32-21-30(2)31(3)39(25-32)45-46(9,10)40(4,5)6/h15-16,29-30,33-35,37-39,44H,3,12-14,17-19,21-28H2,1-2,4-10H3/b32-15-,36-16+/t29-,30-,33?,34?,35?,37-,38?,39-,41-,42?,43?/m1/s1. The molecule has 7 atom stereocenters. The van der Waals surface area contributed by atoms with E-state index in [1.165, 1.54) is 76.2 Å². The van der Waals surface area contributed by atoms with Crippen molar-refractivity contribution in [1.29, 1.82) is 0 Å². The summed E-state index contributed by atoms with van der Waals surface area (Å²) < 4.78 is 6.94. The van der Waals surface area contributed by atoms with Crippen molar-refractivity contribution < 1.29 is 9.53 Å². The maximum atomic E-state index is 11.8. The number of allylic oxidation sites excluding steroid dienone is 3. The van der Waals surface area contributed by atoms with E-state index in [0.29, 0.717) is 29.1 Å². The van der Waals surface area contributed by atoms with Gasteiger partial charge in [0.15, 0.2) is 8.32 Å². The summed E-state index contributed by atoms with van der Waals surface area (Å²) in [4.78, 5) is 0. The Bertz CT molecular complexity index is 1260. The molecule has 3 heteroatoms. The average molecular weight is 645 g/mol. The number of hydrogen-bond donors (Lipinski definition) is 1. The highest BCUT2D eigenvalue weighted by Gasteiger charge is 2.58. The maximum absolute atomic E-state index is 11.8. The Balaban J connectivity index is 1.11. The van der Waals surface area contributed by atoms with Crippen LogP contribution in [0.1, 0.15) is 138 Å². The molecule has 0 heterocycles. The number of aliphatic hydroxyl groups is 1. The van der Waals surface area contributed by atoms with Crippen molar-refractivity contribution in [3.8, 4) is 11.8 Å². The first-order chi connectivity index (χ1) is 21.4. The Labute approximate surface area is 284 Å². The Hall–Kier alpha value is -1.08. The van der Waals surface area contributed by atoms with Crippen molar-refractivity contribution in [3.05, 3.63) is 35.5 Å². The summed E-state index contributed by atoms with van der Waals surface area (Å²) in [5.41, 5.74) is 4.14. The van der Waals surface area contributed by atoms with Gasteiger partial charge >= 0.3 is 0 Å². The van der Waals surface area contributed by atoms with E-state index in [1.54, 1.807) is 11.1 Å². The quantitative estimate of drug-likeness (QED) is 0.177. The molecule has 0 aromatic rings. The summed E-state index contributed by atoms with van der Waals surface area (Å²) in [6.45, 7) is 25.8. The molecule has 0 amide bonds. The summed E-state index contributed by atoms with van der Waals surface area (Å²) in [6, 6.07) is 0. The van der Waals surface area contributed by atoms with E-state index in [2.05, 4.69) is 92.1 Å². The third-order valence-corrected chi connectivity index (χ3v) is 19.9. The second-order valence-electron chi connectivity index (χ2n) is 19.7. The molecule has 1 N–H and O–H groups in total. The molecule has 7 rings (SSSR count). The van der Waals surface area contributed by atoms with Crippen molar-refractivity contribution in [2.45, 2.75) is 168 Å². The fourth-order valence-corrected chi connectivity index (χ4v) is 13.2. The molecule has 0 aromatic carbocycles. The van der Waals surface area contributed by atoms with E-state index >= 15 is 0 Å². The summed E-state index contributed by atoms with van der Waals surface area (Å²) in [7, 11) is -1.86. The second kappa shape index (κ2) is 12.4. The highest BCUT2D eigenvalue weighted by molar-refractivity contribution is 6.74. The van der Waals surface area contributed by atoms with Crippen molar-refractivity contribution in [2.75, 3.05) is 0 Å². The van der Waals surface area contributed by atoms with Gasteiger partial charge in [0.25, 0.3) is 0 Å². The third kappa shape index (κ3) is 6.36. The Kier molecular flexibility index (Phi) is 9.34. The largest absolute Gasteiger partial charge is 0.410 e. The van der Waals surface area contributed by atoms with Crippen LogP contribution >= 0.6 is 0 Å².